The minimum Gasteiger partial charge on any atom is -0.254 e. The van der Waals surface area contributed by atoms with Crippen LogP contribution in [0.25, 0.3) is 88.7 Å². The molecule has 0 atom stereocenters. The van der Waals surface area contributed by atoms with Crippen LogP contribution >= 0.6 is 0 Å². The van der Waals surface area contributed by atoms with Gasteiger partial charge in [-0.2, -0.15) is 0 Å². The molecular formula is C46H32N2. The van der Waals surface area contributed by atoms with E-state index in [1.54, 1.807) is 0 Å². The molecule has 0 radical (unpaired) electrons. The van der Waals surface area contributed by atoms with Gasteiger partial charge in [-0.1, -0.05) is 121 Å². The van der Waals surface area contributed by atoms with Crippen LogP contribution in [-0.2, 0) is 12.8 Å². The molecule has 0 spiro atoms. The minimum absolute atomic E-state index is 0.960. The van der Waals surface area contributed by atoms with E-state index in [2.05, 4.69) is 140 Å². The summed E-state index contributed by atoms with van der Waals surface area (Å²) >= 11 is 0. The Morgan fingerprint density at radius 3 is 1.73 bits per heavy atom. The van der Waals surface area contributed by atoms with Crippen LogP contribution in [0.15, 0.2) is 146 Å². The summed E-state index contributed by atoms with van der Waals surface area (Å²) in [6.45, 7) is 0. The first kappa shape index (κ1) is 27.3. The summed E-state index contributed by atoms with van der Waals surface area (Å²) in [6.07, 6.45) is 6.63. The van der Waals surface area contributed by atoms with Crippen molar-refractivity contribution in [3.8, 4) is 67.2 Å². The fraction of sp³-hybridized carbons (Fsp3) is 0.0870. The Morgan fingerprint density at radius 1 is 0.417 bits per heavy atom. The Kier molecular flexibility index (Phi) is 6.17. The number of aromatic nitrogens is 2. The van der Waals surface area contributed by atoms with Crippen molar-refractivity contribution in [2.45, 2.75) is 25.7 Å². The van der Waals surface area contributed by atoms with E-state index in [9.17, 15) is 0 Å². The predicted molar refractivity (Wildman–Crippen MR) is 200 cm³/mol. The van der Waals surface area contributed by atoms with Crippen molar-refractivity contribution in [3.05, 3.63) is 157 Å². The van der Waals surface area contributed by atoms with Gasteiger partial charge >= 0.3 is 0 Å². The molecule has 48 heavy (non-hydrogen) atoms. The zero-order valence-corrected chi connectivity index (χ0v) is 26.6. The van der Waals surface area contributed by atoms with Gasteiger partial charge in [-0.3, -0.25) is 4.98 Å². The standard InChI is InChI=1S/C46H32N2/c1-3-14-30(15-4-1)41-35-19-9-10-20-36(35)42(31-16-5-2-6-17-31)45-38-26-25-33(34-21-11-22-37(43(34)38)44(41)45)39-23-12-24-40(48-39)46-32-18-8-7-13-29(32)27-28-47-46/h1-6,9-12,14-17,19-28H,7-8,13,18H2. The van der Waals surface area contributed by atoms with E-state index < -0.39 is 0 Å². The van der Waals surface area contributed by atoms with Gasteiger partial charge in [0.25, 0.3) is 0 Å². The lowest BCUT2D eigenvalue weighted by molar-refractivity contribution is 0.683. The minimum atomic E-state index is 0.960. The number of hydrogen-bond acceptors (Lipinski definition) is 2. The first-order valence-corrected chi connectivity index (χ1v) is 17.1. The van der Waals surface area contributed by atoms with Crippen molar-refractivity contribution in [1.29, 1.82) is 0 Å². The zero-order chi connectivity index (χ0) is 31.6. The molecule has 10 rings (SSSR count). The molecule has 2 aliphatic carbocycles. The molecule has 0 saturated heterocycles. The second kappa shape index (κ2) is 10.9. The Hall–Kier alpha value is -5.86. The normalized spacial score (nSPS) is 13.1. The van der Waals surface area contributed by atoms with E-state index in [-0.39, 0.29) is 0 Å². The lowest BCUT2D eigenvalue weighted by atomic mass is 9.82. The van der Waals surface area contributed by atoms with Crippen molar-refractivity contribution in [2.75, 3.05) is 0 Å². The van der Waals surface area contributed by atoms with Crippen molar-refractivity contribution >= 4 is 21.5 Å². The lowest BCUT2D eigenvalue weighted by Crippen LogP contribution is -2.06. The van der Waals surface area contributed by atoms with Crippen molar-refractivity contribution in [1.82, 2.24) is 9.97 Å². The number of fused-ring (bicyclic) bond motifs is 5. The monoisotopic (exact) mass is 612 g/mol. The fourth-order valence-corrected chi connectivity index (χ4v) is 8.43. The summed E-state index contributed by atoms with van der Waals surface area (Å²) in [5, 5.41) is 5.09. The zero-order valence-electron chi connectivity index (χ0n) is 26.6. The molecule has 2 aromatic heterocycles. The number of nitrogens with zero attached hydrogens (tertiary/aromatic N) is 2. The van der Waals surface area contributed by atoms with E-state index in [4.69, 9.17) is 9.97 Å². The summed E-state index contributed by atoms with van der Waals surface area (Å²) in [7, 11) is 0. The van der Waals surface area contributed by atoms with Gasteiger partial charge in [0.05, 0.1) is 17.1 Å². The number of aryl methyl sites for hydroxylation is 1. The second-order valence-electron chi connectivity index (χ2n) is 13.1. The second-order valence-corrected chi connectivity index (χ2v) is 13.1. The number of rotatable bonds is 4. The summed E-state index contributed by atoms with van der Waals surface area (Å²) in [6, 6.07) is 50.9. The van der Waals surface area contributed by atoms with Crippen molar-refractivity contribution in [3.63, 3.8) is 0 Å². The molecule has 8 aromatic rings. The van der Waals surface area contributed by atoms with E-state index >= 15 is 0 Å². The van der Waals surface area contributed by atoms with Crippen LogP contribution in [-0.4, -0.2) is 9.97 Å². The third-order valence-corrected chi connectivity index (χ3v) is 10.5. The summed E-state index contributed by atoms with van der Waals surface area (Å²) < 4.78 is 0. The number of benzene rings is 6. The van der Waals surface area contributed by atoms with E-state index in [1.165, 1.54) is 90.0 Å². The Bertz CT molecular complexity index is 2460. The predicted octanol–water partition coefficient (Wildman–Crippen LogP) is 12.0. The Labute approximate surface area is 280 Å². The molecule has 0 saturated carbocycles. The molecule has 226 valence electrons. The number of hydrogen-bond donors (Lipinski definition) is 0. The van der Waals surface area contributed by atoms with Crippen LogP contribution in [0.4, 0.5) is 0 Å². The molecule has 2 heteroatoms. The third-order valence-electron chi connectivity index (χ3n) is 10.5. The average Bonchev–Trinajstić information content (AvgIpc) is 3.49. The maximum Gasteiger partial charge on any atom is 0.0921 e. The molecule has 0 fully saturated rings. The lowest BCUT2D eigenvalue weighted by Gasteiger charge is -2.20. The molecule has 2 heterocycles. The summed E-state index contributed by atoms with van der Waals surface area (Å²) in [5.41, 5.74) is 17.2. The molecule has 2 nitrogen and oxygen atoms in total. The van der Waals surface area contributed by atoms with Gasteiger partial charge < -0.3 is 0 Å². The van der Waals surface area contributed by atoms with Gasteiger partial charge in [0.15, 0.2) is 0 Å². The van der Waals surface area contributed by atoms with E-state index in [0.717, 1.165) is 35.5 Å². The van der Waals surface area contributed by atoms with Gasteiger partial charge in [-0.15, -0.1) is 0 Å². The maximum atomic E-state index is 5.31. The van der Waals surface area contributed by atoms with Gasteiger partial charge in [0, 0.05) is 11.8 Å². The smallest absolute Gasteiger partial charge is 0.0921 e. The van der Waals surface area contributed by atoms with Crippen LogP contribution in [0.5, 0.6) is 0 Å². The Balaban J connectivity index is 1.26. The van der Waals surface area contributed by atoms with Crippen LogP contribution in [0.1, 0.15) is 24.0 Å². The maximum absolute atomic E-state index is 5.31. The first-order valence-electron chi connectivity index (χ1n) is 17.1. The van der Waals surface area contributed by atoms with Gasteiger partial charge in [-0.25, -0.2) is 4.98 Å². The van der Waals surface area contributed by atoms with Crippen molar-refractivity contribution in [2.24, 2.45) is 0 Å². The van der Waals surface area contributed by atoms with E-state index in [0.29, 0.717) is 0 Å². The van der Waals surface area contributed by atoms with Gasteiger partial charge in [0.2, 0.25) is 0 Å². The highest BCUT2D eigenvalue weighted by atomic mass is 14.8. The van der Waals surface area contributed by atoms with Gasteiger partial charge in [0.1, 0.15) is 0 Å². The highest BCUT2D eigenvalue weighted by Gasteiger charge is 2.31. The SMILES string of the molecule is c1ccc(-c2c3c(c(-c4ccccc4)c4ccccc24)-c2ccc(-c4cccc(-c5nccc6c5CCCC6)n4)c4cccc-3c24)cc1. The quantitative estimate of drug-likeness (QED) is 0.198. The molecule has 0 N–H and O–H groups in total. The molecule has 2 aliphatic rings. The van der Waals surface area contributed by atoms with Crippen LogP contribution in [0.3, 0.4) is 0 Å². The molecule has 6 aromatic carbocycles. The molecular weight excluding hydrogens is 581 g/mol. The van der Waals surface area contributed by atoms with Crippen LogP contribution < -0.4 is 0 Å². The summed E-state index contributed by atoms with van der Waals surface area (Å²) in [4.78, 5) is 10.2. The summed E-state index contributed by atoms with van der Waals surface area (Å²) in [5.74, 6) is 0. The molecule has 0 aliphatic heterocycles. The Morgan fingerprint density at radius 2 is 1.00 bits per heavy atom. The highest BCUT2D eigenvalue weighted by Crippen LogP contribution is 2.58. The molecule has 0 unspecified atom stereocenters. The van der Waals surface area contributed by atoms with Crippen molar-refractivity contribution < 1.29 is 0 Å². The fourth-order valence-electron chi connectivity index (χ4n) is 8.43. The highest BCUT2D eigenvalue weighted by molar-refractivity contribution is 6.28. The van der Waals surface area contributed by atoms with Gasteiger partial charge in [-0.05, 0) is 121 Å². The average molecular weight is 613 g/mol. The largest absolute Gasteiger partial charge is 0.254 e. The third kappa shape index (κ3) is 4.06. The van der Waals surface area contributed by atoms with E-state index in [1.807, 2.05) is 6.20 Å². The molecule has 0 bridgehead atoms. The van der Waals surface area contributed by atoms with Crippen LogP contribution in [0, 0.1) is 0 Å². The number of pyridine rings is 2. The van der Waals surface area contributed by atoms with Crippen LogP contribution in [0.2, 0.25) is 0 Å². The topological polar surface area (TPSA) is 25.8 Å². The molecule has 0 amide bonds. The first-order chi connectivity index (χ1) is 23.8.